The number of rotatable bonds is 7. The van der Waals surface area contributed by atoms with Gasteiger partial charge in [0, 0.05) is 22.8 Å². The lowest BCUT2D eigenvalue weighted by molar-refractivity contribution is -0.131. The highest BCUT2D eigenvalue weighted by atomic mass is 35.5. The molecule has 2 aromatic rings. The van der Waals surface area contributed by atoms with Crippen LogP contribution in [0.4, 0.5) is 10.8 Å². The van der Waals surface area contributed by atoms with Crippen LogP contribution in [0.15, 0.2) is 22.5 Å². The monoisotopic (exact) mass is 398 g/mol. The van der Waals surface area contributed by atoms with Gasteiger partial charge >= 0.3 is 0 Å². The van der Waals surface area contributed by atoms with Crippen molar-refractivity contribution in [1.29, 1.82) is 0 Å². The molecule has 1 N–H and O–H groups in total. The van der Waals surface area contributed by atoms with Crippen LogP contribution in [0, 0.1) is 6.92 Å². The van der Waals surface area contributed by atoms with Crippen molar-refractivity contribution < 1.29 is 4.79 Å². The predicted molar refractivity (Wildman–Crippen MR) is 107 cm³/mol. The molecule has 0 aliphatic carbocycles. The summed E-state index contributed by atoms with van der Waals surface area (Å²) in [6.45, 7) is 10.1. The predicted octanol–water partition coefficient (Wildman–Crippen LogP) is 4.98. The Morgan fingerprint density at radius 3 is 2.56 bits per heavy atom. The van der Waals surface area contributed by atoms with Crippen LogP contribution in [0.2, 0.25) is 5.02 Å². The van der Waals surface area contributed by atoms with Crippen molar-refractivity contribution in [2.24, 2.45) is 0 Å². The molecule has 0 radical (unpaired) electrons. The van der Waals surface area contributed by atoms with Gasteiger partial charge in [0.1, 0.15) is 0 Å². The lowest BCUT2D eigenvalue weighted by Gasteiger charge is -2.30. The van der Waals surface area contributed by atoms with E-state index < -0.39 is 0 Å². The Hall–Kier alpha value is -1.31. The number of hydrogen-bond acceptors (Lipinski definition) is 6. The van der Waals surface area contributed by atoms with E-state index in [-0.39, 0.29) is 18.0 Å². The van der Waals surface area contributed by atoms with Gasteiger partial charge in [-0.05, 0) is 52.3 Å². The highest BCUT2D eigenvalue weighted by Crippen LogP contribution is 2.29. The number of aryl methyl sites for hydroxylation is 1. The van der Waals surface area contributed by atoms with Crippen LogP contribution >= 0.6 is 34.7 Å². The van der Waals surface area contributed by atoms with E-state index in [1.54, 1.807) is 0 Å². The largest absolute Gasteiger partial charge is 0.337 e. The molecule has 8 heteroatoms. The Kier molecular flexibility index (Phi) is 7.10. The van der Waals surface area contributed by atoms with Gasteiger partial charge in [-0.1, -0.05) is 40.8 Å². The molecule has 0 unspecified atom stereocenters. The van der Waals surface area contributed by atoms with E-state index in [1.807, 2.05) is 57.7 Å². The second-order valence-electron chi connectivity index (χ2n) is 6.24. The van der Waals surface area contributed by atoms with Crippen molar-refractivity contribution in [1.82, 2.24) is 15.1 Å². The molecule has 0 spiro atoms. The minimum atomic E-state index is 0.116. The normalized spacial score (nSPS) is 11.2. The first-order chi connectivity index (χ1) is 11.8. The summed E-state index contributed by atoms with van der Waals surface area (Å²) in [6.07, 6.45) is 0. The Labute approximate surface area is 162 Å². The number of benzene rings is 1. The number of amides is 1. The van der Waals surface area contributed by atoms with Crippen LogP contribution in [-0.4, -0.2) is 38.8 Å². The number of aromatic nitrogens is 2. The summed E-state index contributed by atoms with van der Waals surface area (Å²) < 4.78 is 0.765. The highest BCUT2D eigenvalue weighted by Gasteiger charge is 2.20. The molecule has 0 aliphatic heterocycles. The summed E-state index contributed by atoms with van der Waals surface area (Å²) in [6, 6.07) is 6.13. The Bertz CT molecular complexity index is 725. The van der Waals surface area contributed by atoms with Crippen molar-refractivity contribution in [2.45, 2.75) is 51.0 Å². The lowest BCUT2D eigenvalue weighted by Crippen LogP contribution is -2.43. The number of thioether (sulfide) groups is 1. The van der Waals surface area contributed by atoms with E-state index in [0.29, 0.717) is 15.9 Å². The molecule has 1 aromatic heterocycles. The smallest absolute Gasteiger partial charge is 0.233 e. The van der Waals surface area contributed by atoms with Crippen molar-refractivity contribution in [3.05, 3.63) is 28.8 Å². The van der Waals surface area contributed by atoms with E-state index in [4.69, 9.17) is 11.6 Å². The molecule has 0 aliphatic rings. The van der Waals surface area contributed by atoms with Crippen LogP contribution in [0.25, 0.3) is 0 Å². The van der Waals surface area contributed by atoms with Crippen LogP contribution < -0.4 is 5.32 Å². The van der Waals surface area contributed by atoms with Crippen molar-refractivity contribution in [3.8, 4) is 0 Å². The highest BCUT2D eigenvalue weighted by molar-refractivity contribution is 8.01. The summed E-state index contributed by atoms with van der Waals surface area (Å²) in [7, 11) is 0. The molecule has 2 rings (SSSR count). The van der Waals surface area contributed by atoms with Gasteiger partial charge < -0.3 is 10.2 Å². The molecule has 25 heavy (non-hydrogen) atoms. The lowest BCUT2D eigenvalue weighted by atomic mass is 10.2. The molecule has 0 bridgehead atoms. The number of nitrogens with zero attached hydrogens (tertiary/aromatic N) is 3. The van der Waals surface area contributed by atoms with Gasteiger partial charge in [0.05, 0.1) is 5.75 Å². The van der Waals surface area contributed by atoms with Gasteiger partial charge in [-0.15, -0.1) is 10.2 Å². The quantitative estimate of drug-likeness (QED) is 0.666. The first-order valence-electron chi connectivity index (χ1n) is 8.08. The summed E-state index contributed by atoms with van der Waals surface area (Å²) >= 11 is 8.97. The van der Waals surface area contributed by atoms with Crippen molar-refractivity contribution in [2.75, 3.05) is 11.1 Å². The standard InChI is InChI=1S/C17H23ClN4OS2/c1-10(2)22(11(3)4)15(23)9-24-17-21-20-16(25-17)19-13-7-6-12(5)14(18)8-13/h6-8,10-11H,9H2,1-5H3,(H,19,20). The van der Waals surface area contributed by atoms with E-state index in [1.165, 1.54) is 23.1 Å². The Morgan fingerprint density at radius 1 is 1.28 bits per heavy atom. The maximum atomic E-state index is 12.4. The molecule has 0 saturated heterocycles. The average Bonchev–Trinajstić information content (AvgIpc) is 2.96. The number of anilines is 2. The van der Waals surface area contributed by atoms with Gasteiger partial charge in [-0.3, -0.25) is 4.79 Å². The van der Waals surface area contributed by atoms with Crippen molar-refractivity contribution in [3.63, 3.8) is 0 Å². The summed E-state index contributed by atoms with van der Waals surface area (Å²) in [5.41, 5.74) is 1.89. The van der Waals surface area contributed by atoms with Crippen LogP contribution in [-0.2, 0) is 4.79 Å². The Morgan fingerprint density at radius 2 is 1.96 bits per heavy atom. The third-order valence-corrected chi connectivity index (χ3v) is 5.91. The number of hydrogen-bond donors (Lipinski definition) is 1. The maximum absolute atomic E-state index is 12.4. The fourth-order valence-electron chi connectivity index (χ4n) is 2.48. The summed E-state index contributed by atoms with van der Waals surface area (Å²) in [5.74, 6) is 0.478. The third kappa shape index (κ3) is 5.59. The van der Waals surface area contributed by atoms with Crippen LogP contribution in [0.3, 0.4) is 0 Å². The second kappa shape index (κ2) is 8.87. The minimum absolute atomic E-state index is 0.116. The molecule has 1 aromatic carbocycles. The molecular weight excluding hydrogens is 376 g/mol. The molecule has 0 atom stereocenters. The zero-order chi connectivity index (χ0) is 18.6. The van der Waals surface area contributed by atoms with E-state index in [2.05, 4.69) is 15.5 Å². The Balaban J connectivity index is 1.95. The van der Waals surface area contributed by atoms with Crippen LogP contribution in [0.1, 0.15) is 33.3 Å². The van der Waals surface area contributed by atoms with Gasteiger partial charge in [0.15, 0.2) is 4.34 Å². The van der Waals surface area contributed by atoms with E-state index in [9.17, 15) is 4.79 Å². The zero-order valence-corrected chi connectivity index (χ0v) is 17.4. The number of nitrogens with one attached hydrogen (secondary N) is 1. The molecule has 5 nitrogen and oxygen atoms in total. The number of carbonyl (C=O) groups is 1. The first kappa shape index (κ1) is 20.0. The first-order valence-corrected chi connectivity index (χ1v) is 10.3. The number of halogens is 1. The van der Waals surface area contributed by atoms with Gasteiger partial charge in [0.2, 0.25) is 11.0 Å². The molecule has 0 fully saturated rings. The molecule has 0 saturated carbocycles. The second-order valence-corrected chi connectivity index (χ2v) is 8.85. The number of carbonyl (C=O) groups excluding carboxylic acids is 1. The van der Waals surface area contributed by atoms with Crippen LogP contribution in [0.5, 0.6) is 0 Å². The third-order valence-electron chi connectivity index (χ3n) is 3.55. The topological polar surface area (TPSA) is 58.1 Å². The fourth-order valence-corrected chi connectivity index (χ4v) is 4.30. The fraction of sp³-hybridized carbons (Fsp3) is 0.471. The zero-order valence-electron chi connectivity index (χ0n) is 15.0. The summed E-state index contributed by atoms with van der Waals surface area (Å²) in [5, 5.41) is 12.8. The minimum Gasteiger partial charge on any atom is -0.337 e. The van der Waals surface area contributed by atoms with Gasteiger partial charge in [-0.25, -0.2) is 0 Å². The van der Waals surface area contributed by atoms with Gasteiger partial charge in [-0.2, -0.15) is 0 Å². The molecule has 1 amide bonds. The van der Waals surface area contributed by atoms with E-state index >= 15 is 0 Å². The molecular formula is C17H23ClN4OS2. The van der Waals surface area contributed by atoms with Gasteiger partial charge in [0.25, 0.3) is 0 Å². The molecule has 136 valence electrons. The SMILES string of the molecule is Cc1ccc(Nc2nnc(SCC(=O)N(C(C)C)C(C)C)s2)cc1Cl. The maximum Gasteiger partial charge on any atom is 0.233 e. The average molecular weight is 399 g/mol. The van der Waals surface area contributed by atoms with E-state index in [0.717, 1.165) is 15.6 Å². The molecule has 1 heterocycles. The summed E-state index contributed by atoms with van der Waals surface area (Å²) in [4.78, 5) is 14.3. The van der Waals surface area contributed by atoms with Crippen molar-refractivity contribution >= 4 is 51.4 Å².